The number of anilines is 2. The van der Waals surface area contributed by atoms with E-state index in [0.717, 1.165) is 24.2 Å². The van der Waals surface area contributed by atoms with Gasteiger partial charge in [0.2, 0.25) is 11.8 Å². The summed E-state index contributed by atoms with van der Waals surface area (Å²) in [6.07, 6.45) is 5.22. The molecule has 0 saturated carbocycles. The minimum atomic E-state index is -0.165. The zero-order valence-electron chi connectivity index (χ0n) is 14.8. The van der Waals surface area contributed by atoms with E-state index in [1.807, 2.05) is 43.7 Å². The summed E-state index contributed by atoms with van der Waals surface area (Å²) in [5.41, 5.74) is 2.55. The van der Waals surface area contributed by atoms with Crippen LogP contribution in [-0.2, 0) is 16.6 Å². The molecule has 7 nitrogen and oxygen atoms in total. The van der Waals surface area contributed by atoms with Crippen LogP contribution in [0.3, 0.4) is 0 Å². The smallest absolute Gasteiger partial charge is 0.229 e. The maximum Gasteiger partial charge on any atom is 0.229 e. The normalized spacial score (nSPS) is 22.8. The van der Waals surface area contributed by atoms with Crippen LogP contribution in [0.15, 0.2) is 36.7 Å². The Morgan fingerprint density at radius 2 is 2.15 bits per heavy atom. The molecule has 2 fully saturated rings. The van der Waals surface area contributed by atoms with Gasteiger partial charge < -0.3 is 15.5 Å². The molecule has 7 heteroatoms. The summed E-state index contributed by atoms with van der Waals surface area (Å²) in [5, 5.41) is 10.6. The number of amides is 2. The third kappa shape index (κ3) is 3.10. The van der Waals surface area contributed by atoms with Gasteiger partial charge in [-0.05, 0) is 24.1 Å². The number of carbonyl (C=O) groups excluding carboxylic acids is 2. The topological polar surface area (TPSA) is 79.3 Å². The standard InChI is InChI=1S/C19H23N5O2/c1-23-12-13(9-21-23)14-10-20-11-15(14)19(26)22-16-5-2-3-6-17(16)24-8-4-7-18(24)25/h2-3,5-6,9,12,14-15,20H,4,7-8,10-11H2,1H3,(H,22,26)/t14-,15+/m1/s1. The van der Waals surface area contributed by atoms with Crippen LogP contribution < -0.4 is 15.5 Å². The molecule has 136 valence electrons. The van der Waals surface area contributed by atoms with Crippen molar-refractivity contribution in [2.75, 3.05) is 29.9 Å². The highest BCUT2D eigenvalue weighted by Crippen LogP contribution is 2.32. The van der Waals surface area contributed by atoms with Crippen LogP contribution in [0, 0.1) is 5.92 Å². The van der Waals surface area contributed by atoms with Gasteiger partial charge in [-0.15, -0.1) is 0 Å². The van der Waals surface area contributed by atoms with Gasteiger partial charge in [0.1, 0.15) is 0 Å². The molecule has 2 atom stereocenters. The molecule has 0 spiro atoms. The van der Waals surface area contributed by atoms with E-state index in [4.69, 9.17) is 0 Å². The quantitative estimate of drug-likeness (QED) is 0.873. The molecule has 2 aromatic rings. The van der Waals surface area contributed by atoms with Crippen LogP contribution >= 0.6 is 0 Å². The molecule has 4 rings (SSSR count). The molecule has 2 N–H and O–H groups in total. The number of aryl methyl sites for hydroxylation is 1. The number of nitrogens with one attached hydrogen (secondary N) is 2. The van der Waals surface area contributed by atoms with E-state index in [0.29, 0.717) is 25.2 Å². The molecule has 2 aliphatic heterocycles. The van der Waals surface area contributed by atoms with Crippen LogP contribution in [0.1, 0.15) is 24.3 Å². The fourth-order valence-electron chi connectivity index (χ4n) is 3.88. The number of hydrogen-bond acceptors (Lipinski definition) is 4. The molecular weight excluding hydrogens is 330 g/mol. The van der Waals surface area contributed by atoms with Gasteiger partial charge in [0.25, 0.3) is 0 Å². The number of carbonyl (C=O) groups is 2. The summed E-state index contributed by atoms with van der Waals surface area (Å²) in [7, 11) is 1.88. The van der Waals surface area contributed by atoms with Crippen LogP contribution in [-0.4, -0.2) is 41.2 Å². The first-order valence-electron chi connectivity index (χ1n) is 9.03. The summed E-state index contributed by atoms with van der Waals surface area (Å²) in [6.45, 7) is 2.10. The number of rotatable bonds is 4. The lowest BCUT2D eigenvalue weighted by atomic mass is 9.90. The van der Waals surface area contributed by atoms with Gasteiger partial charge >= 0.3 is 0 Å². The van der Waals surface area contributed by atoms with Gasteiger partial charge in [0, 0.05) is 45.2 Å². The number of para-hydroxylation sites is 2. The molecular formula is C19H23N5O2. The van der Waals surface area contributed by atoms with Crippen LogP contribution in [0.5, 0.6) is 0 Å². The van der Waals surface area contributed by atoms with Gasteiger partial charge in [0.15, 0.2) is 0 Å². The SMILES string of the molecule is Cn1cc([C@H]2CNC[C@@H]2C(=O)Nc2ccccc2N2CCCC2=O)cn1. The van der Waals surface area contributed by atoms with E-state index in [1.165, 1.54) is 0 Å². The van der Waals surface area contributed by atoms with Crippen LogP contribution in [0.2, 0.25) is 0 Å². The predicted octanol–water partition coefficient (Wildman–Crippen LogP) is 1.49. The van der Waals surface area contributed by atoms with E-state index in [9.17, 15) is 9.59 Å². The molecule has 0 bridgehead atoms. The number of benzene rings is 1. The molecule has 0 aliphatic carbocycles. The van der Waals surface area contributed by atoms with Crippen molar-refractivity contribution in [3.63, 3.8) is 0 Å². The number of hydrogen-bond donors (Lipinski definition) is 2. The van der Waals surface area contributed by atoms with Crippen molar-refractivity contribution in [2.24, 2.45) is 13.0 Å². The Morgan fingerprint density at radius 1 is 1.31 bits per heavy atom. The first-order chi connectivity index (χ1) is 12.6. The Kier molecular flexibility index (Phi) is 4.46. The van der Waals surface area contributed by atoms with Gasteiger partial charge in [-0.25, -0.2) is 0 Å². The van der Waals surface area contributed by atoms with Crippen LogP contribution in [0.4, 0.5) is 11.4 Å². The van der Waals surface area contributed by atoms with Crippen molar-refractivity contribution in [3.8, 4) is 0 Å². The molecule has 0 unspecified atom stereocenters. The first-order valence-corrected chi connectivity index (χ1v) is 9.03. The van der Waals surface area contributed by atoms with Crippen LogP contribution in [0.25, 0.3) is 0 Å². The molecule has 26 heavy (non-hydrogen) atoms. The predicted molar refractivity (Wildman–Crippen MR) is 99.0 cm³/mol. The number of aromatic nitrogens is 2. The lowest BCUT2D eigenvalue weighted by Gasteiger charge is -2.22. The molecule has 2 amide bonds. The summed E-state index contributed by atoms with van der Waals surface area (Å²) in [4.78, 5) is 26.8. The summed E-state index contributed by atoms with van der Waals surface area (Å²) < 4.78 is 1.76. The van der Waals surface area contributed by atoms with E-state index in [-0.39, 0.29) is 23.7 Å². The Bertz CT molecular complexity index is 831. The van der Waals surface area contributed by atoms with Gasteiger partial charge in [-0.2, -0.15) is 5.10 Å². The molecule has 2 saturated heterocycles. The molecule has 3 heterocycles. The van der Waals surface area contributed by atoms with E-state index in [1.54, 1.807) is 9.58 Å². The highest BCUT2D eigenvalue weighted by atomic mass is 16.2. The first kappa shape index (κ1) is 16.8. The third-order valence-corrected chi connectivity index (χ3v) is 5.23. The summed E-state index contributed by atoms with van der Waals surface area (Å²) in [5.74, 6) is 0.0243. The fraction of sp³-hybridized carbons (Fsp3) is 0.421. The maximum atomic E-state index is 13.0. The van der Waals surface area contributed by atoms with Crippen molar-refractivity contribution in [3.05, 3.63) is 42.2 Å². The Morgan fingerprint density at radius 3 is 2.88 bits per heavy atom. The average Bonchev–Trinajstić information content (AvgIpc) is 3.35. The highest BCUT2D eigenvalue weighted by Gasteiger charge is 2.35. The molecule has 0 radical (unpaired) electrons. The summed E-state index contributed by atoms with van der Waals surface area (Å²) >= 11 is 0. The van der Waals surface area contributed by atoms with Crippen molar-refractivity contribution >= 4 is 23.2 Å². The van der Waals surface area contributed by atoms with Gasteiger partial charge in [0.05, 0.1) is 23.5 Å². The molecule has 1 aromatic carbocycles. The minimum absolute atomic E-state index is 0.0250. The lowest BCUT2D eigenvalue weighted by Crippen LogP contribution is -2.30. The monoisotopic (exact) mass is 353 g/mol. The lowest BCUT2D eigenvalue weighted by molar-refractivity contribution is -0.120. The highest BCUT2D eigenvalue weighted by molar-refractivity contribution is 6.02. The third-order valence-electron chi connectivity index (χ3n) is 5.23. The second kappa shape index (κ2) is 6.92. The zero-order chi connectivity index (χ0) is 18.1. The van der Waals surface area contributed by atoms with E-state index < -0.39 is 0 Å². The second-order valence-corrected chi connectivity index (χ2v) is 6.97. The maximum absolute atomic E-state index is 13.0. The Labute approximate surface area is 152 Å². The second-order valence-electron chi connectivity index (χ2n) is 6.97. The largest absolute Gasteiger partial charge is 0.324 e. The zero-order valence-corrected chi connectivity index (χ0v) is 14.8. The van der Waals surface area contributed by atoms with Crippen molar-refractivity contribution < 1.29 is 9.59 Å². The van der Waals surface area contributed by atoms with Crippen molar-refractivity contribution in [1.82, 2.24) is 15.1 Å². The fourth-order valence-corrected chi connectivity index (χ4v) is 3.88. The molecule has 1 aromatic heterocycles. The van der Waals surface area contributed by atoms with E-state index in [2.05, 4.69) is 15.7 Å². The molecule has 2 aliphatic rings. The van der Waals surface area contributed by atoms with Gasteiger partial charge in [-0.3, -0.25) is 14.3 Å². The van der Waals surface area contributed by atoms with Crippen molar-refractivity contribution in [1.29, 1.82) is 0 Å². The minimum Gasteiger partial charge on any atom is -0.324 e. The van der Waals surface area contributed by atoms with E-state index >= 15 is 0 Å². The Hall–Kier alpha value is -2.67. The Balaban J connectivity index is 1.54. The van der Waals surface area contributed by atoms with Gasteiger partial charge in [-0.1, -0.05) is 12.1 Å². The number of nitrogens with zero attached hydrogens (tertiary/aromatic N) is 3. The van der Waals surface area contributed by atoms with Crippen molar-refractivity contribution in [2.45, 2.75) is 18.8 Å². The average molecular weight is 353 g/mol. The summed E-state index contributed by atoms with van der Waals surface area (Å²) in [6, 6.07) is 7.53.